The number of fused-ring (bicyclic) bond motifs is 6. The number of allylic oxidation sites excluding steroid dienone is 2. The first-order valence-electron chi connectivity index (χ1n) is 21.9. The van der Waals surface area contributed by atoms with Crippen molar-refractivity contribution < 1.29 is 0 Å². The molecule has 0 aliphatic carbocycles. The summed E-state index contributed by atoms with van der Waals surface area (Å²) in [6.45, 7) is 27.6. The van der Waals surface area contributed by atoms with Crippen LogP contribution in [0.3, 0.4) is 0 Å². The predicted molar refractivity (Wildman–Crippen MR) is 253 cm³/mol. The lowest BCUT2D eigenvalue weighted by Gasteiger charge is -2.64. The Balaban J connectivity index is 1.53. The van der Waals surface area contributed by atoms with Gasteiger partial charge in [0.25, 0.3) is 0 Å². The Bertz CT molecular complexity index is 2750. The van der Waals surface area contributed by atoms with Gasteiger partial charge in [-0.1, -0.05) is 177 Å². The number of nitrogens with one attached hydrogen (secondary N) is 1. The van der Waals surface area contributed by atoms with Gasteiger partial charge in [-0.15, -0.1) is 0 Å². The molecule has 1 saturated heterocycles. The van der Waals surface area contributed by atoms with E-state index in [-0.39, 0.29) is 22.2 Å². The zero-order valence-corrected chi connectivity index (χ0v) is 37.8. The number of likely N-dealkylation sites (N-methyl/N-ethyl adjacent to an activating group) is 1. The number of hydrogen-bond acceptors (Lipinski definition) is 3. The maximum Gasteiger partial charge on any atom is 0.0752 e. The summed E-state index contributed by atoms with van der Waals surface area (Å²) in [5.74, 6) is 0.115. The SMILES string of the molecule is CC1C2=NC(C)(C1(C)C)C(C)(c1ccccc1)C1(C)N(C)C(C)(/C(c3ccccc3)=C3/C=CC(=N3)/C(c3ccccc3)=c3/cc/c([nH]3)=C/2c2ccccc2)C(C)(C)C1(C)C. The third-order valence-electron chi connectivity index (χ3n) is 18.0. The Morgan fingerprint density at radius 1 is 0.550 bits per heavy atom. The van der Waals surface area contributed by atoms with Gasteiger partial charge in [-0.25, -0.2) is 4.99 Å². The van der Waals surface area contributed by atoms with Crippen LogP contribution < -0.4 is 10.7 Å². The Hall–Kier alpha value is -5.32. The number of aromatic amines is 1. The van der Waals surface area contributed by atoms with Gasteiger partial charge < -0.3 is 4.98 Å². The van der Waals surface area contributed by atoms with Crippen LogP contribution in [-0.2, 0) is 5.41 Å². The maximum atomic E-state index is 6.31. The van der Waals surface area contributed by atoms with Crippen LogP contribution in [0.1, 0.15) is 98.4 Å². The molecule has 5 heterocycles. The van der Waals surface area contributed by atoms with Crippen LogP contribution in [0.15, 0.2) is 161 Å². The molecule has 0 amide bonds. The van der Waals surface area contributed by atoms with E-state index in [1.807, 2.05) is 0 Å². The smallest absolute Gasteiger partial charge is 0.0752 e. The van der Waals surface area contributed by atoms with Crippen molar-refractivity contribution in [2.24, 2.45) is 32.1 Å². The predicted octanol–water partition coefficient (Wildman–Crippen LogP) is 11.2. The van der Waals surface area contributed by atoms with Crippen molar-refractivity contribution in [3.8, 4) is 0 Å². The van der Waals surface area contributed by atoms with Crippen molar-refractivity contribution in [3.63, 3.8) is 0 Å². The molecule has 5 unspecified atom stereocenters. The third kappa shape index (κ3) is 4.89. The van der Waals surface area contributed by atoms with Crippen LogP contribution in [0.4, 0.5) is 0 Å². The van der Waals surface area contributed by atoms with E-state index in [0.29, 0.717) is 0 Å². The quantitative estimate of drug-likeness (QED) is 0.194. The molecule has 4 aliphatic rings. The van der Waals surface area contributed by atoms with E-state index in [2.05, 4.69) is 239 Å². The summed E-state index contributed by atoms with van der Waals surface area (Å²) in [6, 6.07) is 48.6. The number of aliphatic imine (C=N–C) groups is 2. The monoisotopic (exact) mass is 790 g/mol. The van der Waals surface area contributed by atoms with Crippen molar-refractivity contribution in [2.45, 2.75) is 98.2 Å². The van der Waals surface area contributed by atoms with E-state index in [4.69, 9.17) is 9.98 Å². The molecular weight excluding hydrogens is 729 g/mol. The average molecular weight is 791 g/mol. The molecule has 4 nitrogen and oxygen atoms in total. The van der Waals surface area contributed by atoms with Crippen molar-refractivity contribution in [3.05, 3.63) is 184 Å². The van der Waals surface area contributed by atoms with E-state index in [1.165, 1.54) is 16.7 Å². The van der Waals surface area contributed by atoms with Gasteiger partial charge >= 0.3 is 0 Å². The van der Waals surface area contributed by atoms with E-state index >= 15 is 0 Å². The summed E-state index contributed by atoms with van der Waals surface area (Å²) < 4.78 is 0. The average Bonchev–Trinajstić information content (AvgIpc) is 3.98. The van der Waals surface area contributed by atoms with E-state index in [9.17, 15) is 0 Å². The summed E-state index contributed by atoms with van der Waals surface area (Å²) in [5, 5.41) is 2.09. The number of hydrogen-bond donors (Lipinski definition) is 1. The van der Waals surface area contributed by atoms with Crippen molar-refractivity contribution in [1.29, 1.82) is 0 Å². The highest BCUT2D eigenvalue weighted by atomic mass is 15.3. The zero-order chi connectivity index (χ0) is 42.7. The molecule has 1 aromatic heterocycles. The van der Waals surface area contributed by atoms with Gasteiger partial charge in [0, 0.05) is 50.0 Å². The highest BCUT2D eigenvalue weighted by molar-refractivity contribution is 6.30. The Morgan fingerprint density at radius 3 is 1.58 bits per heavy atom. The second kappa shape index (κ2) is 13.3. The summed E-state index contributed by atoms with van der Waals surface area (Å²) in [6.07, 6.45) is 4.51. The maximum absolute atomic E-state index is 6.31. The van der Waals surface area contributed by atoms with Gasteiger partial charge in [0.15, 0.2) is 0 Å². The molecule has 4 aliphatic heterocycles. The molecule has 0 spiro atoms. The highest BCUT2D eigenvalue weighted by Crippen LogP contribution is 2.75. The largest absolute Gasteiger partial charge is 0.354 e. The van der Waals surface area contributed by atoms with Gasteiger partial charge in [0.2, 0.25) is 0 Å². The number of nitrogens with zero attached hydrogens (tertiary/aromatic N) is 3. The number of rotatable bonds is 4. The fourth-order valence-corrected chi connectivity index (χ4v) is 12.7. The van der Waals surface area contributed by atoms with Crippen LogP contribution in [0, 0.1) is 22.2 Å². The minimum atomic E-state index is -0.593. The Morgan fingerprint density at radius 2 is 1.03 bits per heavy atom. The van der Waals surface area contributed by atoms with Gasteiger partial charge in [-0.05, 0) is 90.6 Å². The Labute approximate surface area is 358 Å². The lowest BCUT2D eigenvalue weighted by Crippen LogP contribution is -2.72. The second-order valence-electron chi connectivity index (χ2n) is 20.2. The topological polar surface area (TPSA) is 43.8 Å². The second-order valence-corrected chi connectivity index (χ2v) is 20.2. The molecular formula is C56H62N4. The molecule has 60 heavy (non-hydrogen) atoms. The number of benzene rings is 4. The van der Waals surface area contributed by atoms with Gasteiger partial charge in [0.05, 0.1) is 22.5 Å². The fraction of sp³-hybridized carbons (Fsp3) is 0.357. The molecule has 4 heteroatoms. The van der Waals surface area contributed by atoms with Crippen molar-refractivity contribution in [1.82, 2.24) is 9.88 Å². The minimum absolute atomic E-state index is 0.115. The number of H-pyrrole nitrogens is 1. The Kier molecular flexibility index (Phi) is 8.92. The van der Waals surface area contributed by atoms with E-state index in [0.717, 1.165) is 50.1 Å². The summed E-state index contributed by atoms with van der Waals surface area (Å²) in [7, 11) is 2.41. The highest BCUT2D eigenvalue weighted by Gasteiger charge is 2.79. The fourth-order valence-electron chi connectivity index (χ4n) is 12.7. The summed E-state index contributed by atoms with van der Waals surface area (Å²) in [5.41, 5.74) is 8.38. The minimum Gasteiger partial charge on any atom is -0.354 e. The summed E-state index contributed by atoms with van der Waals surface area (Å²) >= 11 is 0. The van der Waals surface area contributed by atoms with Gasteiger partial charge in [-0.3, -0.25) is 9.89 Å². The zero-order valence-electron chi connectivity index (χ0n) is 37.8. The third-order valence-corrected chi connectivity index (χ3v) is 18.0. The van der Waals surface area contributed by atoms with Crippen LogP contribution >= 0.6 is 0 Å². The molecule has 1 N–H and O–H groups in total. The van der Waals surface area contributed by atoms with Crippen LogP contribution in [0.25, 0.3) is 16.7 Å². The standard InChI is InChI=1S/C56H62N4/c1-37-49-47(39-27-19-14-20-28-39)44-34-33-42(57-44)46(38-25-17-13-18-26-38)43-35-36-45(58-43)48(40-29-21-15-22-30-40)54(9)51(4,5)52(6,7)56(11,60(54)12)53(8,41-31-23-16-24-32-41)55(10,59-49)50(37,2)3/h13-37,57H,1-12H3/b46-42-,47-44-,48-45-. The molecule has 0 saturated carbocycles. The van der Waals surface area contributed by atoms with E-state index in [1.54, 1.807) is 0 Å². The van der Waals surface area contributed by atoms with Crippen LogP contribution in [0.2, 0.25) is 0 Å². The normalized spacial score (nSPS) is 33.4. The van der Waals surface area contributed by atoms with E-state index < -0.39 is 22.0 Å². The molecule has 1 fully saturated rings. The molecule has 5 aromatic rings. The van der Waals surface area contributed by atoms with Crippen LogP contribution in [-0.4, -0.2) is 45.0 Å². The molecule has 4 aromatic carbocycles. The molecule has 5 atom stereocenters. The van der Waals surface area contributed by atoms with Crippen molar-refractivity contribution in [2.75, 3.05) is 7.05 Å². The van der Waals surface area contributed by atoms with Gasteiger partial charge in [0.1, 0.15) is 0 Å². The number of aromatic nitrogens is 1. The molecule has 306 valence electrons. The lowest BCUT2D eigenvalue weighted by atomic mass is 9.42. The first-order valence-corrected chi connectivity index (χ1v) is 21.9. The van der Waals surface area contributed by atoms with Gasteiger partial charge in [-0.2, -0.15) is 0 Å². The first-order chi connectivity index (χ1) is 28.4. The van der Waals surface area contributed by atoms with Crippen LogP contribution in [0.5, 0.6) is 0 Å². The molecule has 9 rings (SSSR count). The summed E-state index contributed by atoms with van der Waals surface area (Å²) in [4.78, 5) is 18.8. The van der Waals surface area contributed by atoms with Crippen molar-refractivity contribution >= 4 is 28.1 Å². The first kappa shape index (κ1) is 40.1. The molecule has 8 bridgehead atoms. The molecule has 0 radical (unpaired) electrons. The lowest BCUT2D eigenvalue weighted by molar-refractivity contribution is -0.0742.